The maximum absolute atomic E-state index is 13.3. The minimum absolute atomic E-state index is 0.180. The Labute approximate surface area is 189 Å². The van der Waals surface area contributed by atoms with Crippen LogP contribution in [0.15, 0.2) is 78.0 Å². The van der Waals surface area contributed by atoms with E-state index in [1.165, 1.54) is 23.9 Å². The summed E-state index contributed by atoms with van der Waals surface area (Å²) in [5, 5.41) is 12.0. The first-order chi connectivity index (χ1) is 15.5. The summed E-state index contributed by atoms with van der Waals surface area (Å²) in [4.78, 5) is 12.5. The second kappa shape index (κ2) is 9.65. The fraction of sp³-hybridized carbons (Fsp3) is 0.125. The zero-order valence-electron chi connectivity index (χ0n) is 17.6. The molecular formula is C24H21FN4O2S. The second-order valence-electron chi connectivity index (χ2n) is 7.01. The quantitative estimate of drug-likeness (QED) is 0.390. The average molecular weight is 449 g/mol. The first-order valence-corrected chi connectivity index (χ1v) is 10.9. The van der Waals surface area contributed by atoms with Gasteiger partial charge < -0.3 is 10.1 Å². The summed E-state index contributed by atoms with van der Waals surface area (Å²) in [7, 11) is 1.60. The predicted molar refractivity (Wildman–Crippen MR) is 123 cm³/mol. The molecule has 0 atom stereocenters. The van der Waals surface area contributed by atoms with E-state index in [-0.39, 0.29) is 11.7 Å². The molecule has 0 saturated carbocycles. The number of nitrogens with zero attached hydrogens (tertiary/aromatic N) is 3. The minimum atomic E-state index is -0.287. The van der Waals surface area contributed by atoms with Gasteiger partial charge in [-0.15, -0.1) is 10.2 Å². The highest BCUT2D eigenvalue weighted by Crippen LogP contribution is 2.25. The monoisotopic (exact) mass is 448 g/mol. The number of halogens is 1. The van der Waals surface area contributed by atoms with E-state index < -0.39 is 0 Å². The molecule has 8 heteroatoms. The van der Waals surface area contributed by atoms with Gasteiger partial charge in [-0.3, -0.25) is 9.36 Å². The summed E-state index contributed by atoms with van der Waals surface area (Å²) in [6.45, 7) is 1.86. The highest BCUT2D eigenvalue weighted by atomic mass is 32.2. The molecule has 1 aromatic heterocycles. The van der Waals surface area contributed by atoms with Crippen molar-refractivity contribution in [2.45, 2.75) is 17.8 Å². The number of ether oxygens (including phenoxy) is 1. The Hall–Kier alpha value is -3.65. The van der Waals surface area contributed by atoms with Crippen molar-refractivity contribution in [1.29, 1.82) is 0 Å². The third-order valence-electron chi connectivity index (χ3n) is 4.81. The maximum Gasteiger partial charge on any atom is 0.255 e. The number of rotatable bonds is 7. The average Bonchev–Trinajstić information content (AvgIpc) is 3.19. The number of carbonyl (C=O) groups excluding carboxylic acids is 1. The molecule has 32 heavy (non-hydrogen) atoms. The molecule has 0 saturated heterocycles. The number of amides is 1. The zero-order valence-corrected chi connectivity index (χ0v) is 18.4. The van der Waals surface area contributed by atoms with Crippen LogP contribution in [0.3, 0.4) is 0 Å². The van der Waals surface area contributed by atoms with Crippen molar-refractivity contribution in [3.63, 3.8) is 0 Å². The van der Waals surface area contributed by atoms with Crippen LogP contribution >= 0.6 is 11.8 Å². The molecule has 162 valence electrons. The summed E-state index contributed by atoms with van der Waals surface area (Å²) in [6, 6.07) is 20.8. The Kier molecular flexibility index (Phi) is 6.51. The topological polar surface area (TPSA) is 69.0 Å². The van der Waals surface area contributed by atoms with Crippen LogP contribution in [0, 0.1) is 12.7 Å². The molecule has 0 aliphatic heterocycles. The molecule has 4 aromatic rings. The van der Waals surface area contributed by atoms with Crippen molar-refractivity contribution in [3.05, 3.63) is 95.6 Å². The normalized spacial score (nSPS) is 10.7. The molecule has 0 spiro atoms. The number of nitrogens with one attached hydrogen (secondary N) is 1. The summed E-state index contributed by atoms with van der Waals surface area (Å²) in [6.07, 6.45) is 0. The van der Waals surface area contributed by atoms with Crippen LogP contribution in [0.4, 0.5) is 10.1 Å². The van der Waals surface area contributed by atoms with Crippen molar-refractivity contribution < 1.29 is 13.9 Å². The Morgan fingerprint density at radius 3 is 2.34 bits per heavy atom. The maximum atomic E-state index is 13.3. The van der Waals surface area contributed by atoms with Crippen molar-refractivity contribution >= 4 is 23.4 Å². The van der Waals surface area contributed by atoms with Gasteiger partial charge in [0.05, 0.1) is 7.11 Å². The number of carbonyl (C=O) groups is 1. The lowest BCUT2D eigenvalue weighted by molar-refractivity contribution is 0.102. The van der Waals surface area contributed by atoms with E-state index >= 15 is 0 Å². The van der Waals surface area contributed by atoms with Crippen LogP contribution in [0.2, 0.25) is 0 Å². The van der Waals surface area contributed by atoms with Gasteiger partial charge in [-0.25, -0.2) is 4.39 Å². The van der Waals surface area contributed by atoms with Crippen LogP contribution < -0.4 is 10.1 Å². The number of thioether (sulfide) groups is 1. The Bertz CT molecular complexity index is 1210. The summed E-state index contributed by atoms with van der Waals surface area (Å²) >= 11 is 1.52. The minimum Gasteiger partial charge on any atom is -0.497 e. The molecule has 1 amide bonds. The van der Waals surface area contributed by atoms with E-state index in [0.717, 1.165) is 28.0 Å². The van der Waals surface area contributed by atoms with Gasteiger partial charge in [-0.1, -0.05) is 23.9 Å². The molecule has 0 radical (unpaired) electrons. The van der Waals surface area contributed by atoms with Gasteiger partial charge in [0.25, 0.3) is 5.91 Å². The molecule has 1 N–H and O–H groups in total. The van der Waals surface area contributed by atoms with E-state index in [0.29, 0.717) is 17.0 Å². The van der Waals surface area contributed by atoms with E-state index in [9.17, 15) is 9.18 Å². The highest BCUT2D eigenvalue weighted by molar-refractivity contribution is 7.98. The first kappa shape index (κ1) is 21.6. The van der Waals surface area contributed by atoms with Crippen LogP contribution in [0.1, 0.15) is 21.7 Å². The molecule has 0 fully saturated rings. The molecular weight excluding hydrogens is 427 g/mol. The lowest BCUT2D eigenvalue weighted by atomic mass is 10.1. The van der Waals surface area contributed by atoms with Crippen LogP contribution in [-0.2, 0) is 5.75 Å². The molecule has 6 nitrogen and oxygen atoms in total. The molecule has 4 rings (SSSR count). The lowest BCUT2D eigenvalue weighted by Gasteiger charge is -2.09. The van der Waals surface area contributed by atoms with Gasteiger partial charge in [-0.05, 0) is 73.2 Å². The first-order valence-electron chi connectivity index (χ1n) is 9.88. The summed E-state index contributed by atoms with van der Waals surface area (Å²) < 4.78 is 20.3. The molecule has 1 heterocycles. The second-order valence-corrected chi connectivity index (χ2v) is 7.95. The fourth-order valence-corrected chi connectivity index (χ4v) is 4.06. The van der Waals surface area contributed by atoms with Crippen molar-refractivity contribution in [2.24, 2.45) is 0 Å². The van der Waals surface area contributed by atoms with Gasteiger partial charge in [0, 0.05) is 22.7 Å². The van der Waals surface area contributed by atoms with Crippen LogP contribution in [-0.4, -0.2) is 27.8 Å². The zero-order chi connectivity index (χ0) is 22.5. The van der Waals surface area contributed by atoms with E-state index in [4.69, 9.17) is 4.74 Å². The van der Waals surface area contributed by atoms with Gasteiger partial charge in [0.1, 0.15) is 17.4 Å². The third kappa shape index (κ3) is 4.97. The van der Waals surface area contributed by atoms with E-state index in [1.807, 2.05) is 23.6 Å². The summed E-state index contributed by atoms with van der Waals surface area (Å²) in [5.74, 6) is 1.64. The van der Waals surface area contributed by atoms with E-state index in [1.54, 1.807) is 55.6 Å². The third-order valence-corrected chi connectivity index (χ3v) is 5.81. The number of benzene rings is 3. The van der Waals surface area contributed by atoms with Crippen LogP contribution in [0.5, 0.6) is 5.75 Å². The Morgan fingerprint density at radius 2 is 1.69 bits per heavy atom. The standard InChI is InChI=1S/C24H21FN4O2S/c1-16-27-28-24(29(16)21-11-7-19(25)8-12-21)32-15-17-3-5-18(6-4-17)23(30)26-20-9-13-22(31-2)14-10-20/h3-14H,15H2,1-2H3,(H,26,30). The number of aromatic nitrogens is 3. The molecule has 0 bridgehead atoms. The SMILES string of the molecule is COc1ccc(NC(=O)c2ccc(CSc3nnc(C)n3-c3ccc(F)cc3)cc2)cc1. The number of methoxy groups -OCH3 is 1. The van der Waals surface area contributed by atoms with Crippen molar-refractivity contribution in [3.8, 4) is 11.4 Å². The Balaban J connectivity index is 1.40. The lowest BCUT2D eigenvalue weighted by Crippen LogP contribution is -2.11. The molecule has 0 aliphatic carbocycles. The number of hydrogen-bond donors (Lipinski definition) is 1. The van der Waals surface area contributed by atoms with Gasteiger partial charge in [-0.2, -0.15) is 0 Å². The fourth-order valence-electron chi connectivity index (χ4n) is 3.10. The van der Waals surface area contributed by atoms with Gasteiger partial charge in [0.15, 0.2) is 5.16 Å². The van der Waals surface area contributed by atoms with Gasteiger partial charge >= 0.3 is 0 Å². The number of hydrogen-bond acceptors (Lipinski definition) is 5. The smallest absolute Gasteiger partial charge is 0.255 e. The van der Waals surface area contributed by atoms with E-state index in [2.05, 4.69) is 15.5 Å². The molecule has 0 unspecified atom stereocenters. The predicted octanol–water partition coefficient (Wildman–Crippen LogP) is 5.27. The molecule has 3 aromatic carbocycles. The Morgan fingerprint density at radius 1 is 1.00 bits per heavy atom. The largest absolute Gasteiger partial charge is 0.497 e. The van der Waals surface area contributed by atoms with Crippen molar-refractivity contribution in [1.82, 2.24) is 14.8 Å². The highest BCUT2D eigenvalue weighted by Gasteiger charge is 2.12. The number of anilines is 1. The van der Waals surface area contributed by atoms with Crippen LogP contribution in [0.25, 0.3) is 5.69 Å². The van der Waals surface area contributed by atoms with Crippen molar-refractivity contribution in [2.75, 3.05) is 12.4 Å². The molecule has 0 aliphatic rings. The van der Waals surface area contributed by atoms with Gasteiger partial charge in [0.2, 0.25) is 0 Å². The number of aryl methyl sites for hydroxylation is 1. The summed E-state index contributed by atoms with van der Waals surface area (Å²) in [5.41, 5.74) is 3.12.